The summed E-state index contributed by atoms with van der Waals surface area (Å²) in [5.74, 6) is -1.12. The Kier molecular flexibility index (Phi) is 7.59. The molecule has 2 aliphatic heterocycles. The number of hydrogen-bond acceptors (Lipinski definition) is 6. The third-order valence-electron chi connectivity index (χ3n) is 8.14. The number of aryl methyl sites for hydroxylation is 1. The molecule has 1 aromatic heterocycles. The van der Waals surface area contributed by atoms with Gasteiger partial charge in [0.1, 0.15) is 18.0 Å². The number of benzene rings is 1. The number of amides is 1. The number of piperidine rings is 1. The van der Waals surface area contributed by atoms with Crippen LogP contribution in [0.15, 0.2) is 24.5 Å². The van der Waals surface area contributed by atoms with E-state index in [0.29, 0.717) is 58.0 Å². The van der Waals surface area contributed by atoms with Gasteiger partial charge in [-0.15, -0.1) is 0 Å². The maximum atomic E-state index is 14.5. The molecule has 3 aliphatic rings. The van der Waals surface area contributed by atoms with Gasteiger partial charge < -0.3 is 19.8 Å². The molecule has 0 spiro atoms. The number of aliphatic hydroxyl groups is 1. The van der Waals surface area contributed by atoms with E-state index in [1.54, 1.807) is 11.2 Å². The fourth-order valence-electron chi connectivity index (χ4n) is 5.90. The SMILES string of the molecule is C[C@@H]1CCc2ncnc(N3CCN(C(=O)[C@H](CN4CCC(O)CC4)c4ccc(C(F)(F)F)c(F)c4)CC3)c21. The number of aromatic nitrogens is 2. The van der Waals surface area contributed by atoms with Crippen LogP contribution in [0.3, 0.4) is 0 Å². The highest BCUT2D eigenvalue weighted by atomic mass is 19.4. The summed E-state index contributed by atoms with van der Waals surface area (Å²) in [6.45, 7) is 5.59. The van der Waals surface area contributed by atoms with Crippen LogP contribution in [0.25, 0.3) is 0 Å². The highest BCUT2D eigenvalue weighted by Crippen LogP contribution is 2.37. The number of carbonyl (C=O) groups excluding carboxylic acids is 1. The second-order valence-corrected chi connectivity index (χ2v) is 10.6. The lowest BCUT2D eigenvalue weighted by Crippen LogP contribution is -2.52. The molecule has 2 atom stereocenters. The quantitative estimate of drug-likeness (QED) is 0.591. The van der Waals surface area contributed by atoms with Crippen molar-refractivity contribution in [2.75, 3.05) is 50.7 Å². The number of aliphatic hydroxyl groups excluding tert-OH is 1. The van der Waals surface area contributed by atoms with Crippen molar-refractivity contribution in [1.29, 1.82) is 0 Å². The molecular weight excluding hydrogens is 502 g/mol. The van der Waals surface area contributed by atoms with E-state index in [0.717, 1.165) is 36.5 Å². The van der Waals surface area contributed by atoms with E-state index in [9.17, 15) is 27.5 Å². The van der Waals surface area contributed by atoms with Crippen LogP contribution in [-0.2, 0) is 17.4 Å². The number of hydrogen-bond donors (Lipinski definition) is 1. The van der Waals surface area contributed by atoms with Crippen LogP contribution < -0.4 is 4.90 Å². The van der Waals surface area contributed by atoms with Crippen molar-refractivity contribution < 1.29 is 27.5 Å². The number of anilines is 1. The Morgan fingerprint density at radius 3 is 2.45 bits per heavy atom. The van der Waals surface area contributed by atoms with Gasteiger partial charge in [-0.25, -0.2) is 14.4 Å². The Labute approximate surface area is 219 Å². The molecular formula is C27H33F4N5O2. The molecule has 11 heteroatoms. The molecule has 206 valence electrons. The monoisotopic (exact) mass is 535 g/mol. The second kappa shape index (κ2) is 10.8. The van der Waals surface area contributed by atoms with E-state index >= 15 is 0 Å². The van der Waals surface area contributed by atoms with Crippen molar-refractivity contribution in [3.05, 3.63) is 52.7 Å². The highest BCUT2D eigenvalue weighted by Gasteiger charge is 2.37. The Bertz CT molecular complexity index is 1160. The largest absolute Gasteiger partial charge is 0.419 e. The summed E-state index contributed by atoms with van der Waals surface area (Å²) in [7, 11) is 0. The predicted molar refractivity (Wildman–Crippen MR) is 133 cm³/mol. The van der Waals surface area contributed by atoms with E-state index < -0.39 is 29.6 Å². The van der Waals surface area contributed by atoms with Crippen LogP contribution >= 0.6 is 0 Å². The Morgan fingerprint density at radius 2 is 1.79 bits per heavy atom. The first-order valence-electron chi connectivity index (χ1n) is 13.3. The van der Waals surface area contributed by atoms with Gasteiger partial charge in [-0.1, -0.05) is 13.0 Å². The molecule has 1 aliphatic carbocycles. The Balaban J connectivity index is 1.34. The van der Waals surface area contributed by atoms with Crippen LogP contribution in [0, 0.1) is 5.82 Å². The van der Waals surface area contributed by atoms with Gasteiger partial charge in [-0.3, -0.25) is 4.79 Å². The van der Waals surface area contributed by atoms with Crippen LogP contribution in [0.1, 0.15) is 60.4 Å². The maximum Gasteiger partial charge on any atom is 0.419 e. The first-order valence-corrected chi connectivity index (χ1v) is 13.3. The molecule has 1 N–H and O–H groups in total. The third kappa shape index (κ3) is 5.49. The van der Waals surface area contributed by atoms with Crippen molar-refractivity contribution in [3.63, 3.8) is 0 Å². The predicted octanol–water partition coefficient (Wildman–Crippen LogP) is 3.57. The molecule has 38 heavy (non-hydrogen) atoms. The number of fused-ring (bicyclic) bond motifs is 1. The van der Waals surface area contributed by atoms with Crippen molar-refractivity contribution in [2.24, 2.45) is 0 Å². The van der Waals surface area contributed by atoms with E-state index in [2.05, 4.69) is 21.8 Å². The molecule has 5 rings (SSSR count). The summed E-state index contributed by atoms with van der Waals surface area (Å²) in [6.07, 6.45) is -0.523. The average Bonchev–Trinajstić information content (AvgIpc) is 3.28. The molecule has 2 saturated heterocycles. The van der Waals surface area contributed by atoms with Gasteiger partial charge in [0.05, 0.1) is 17.6 Å². The Morgan fingerprint density at radius 1 is 1.08 bits per heavy atom. The van der Waals surface area contributed by atoms with E-state index in [1.807, 2.05) is 4.90 Å². The molecule has 0 unspecified atom stereocenters. The summed E-state index contributed by atoms with van der Waals surface area (Å²) >= 11 is 0. The minimum absolute atomic E-state index is 0.226. The fourth-order valence-corrected chi connectivity index (χ4v) is 5.90. The summed E-state index contributed by atoms with van der Waals surface area (Å²) < 4.78 is 54.0. The summed E-state index contributed by atoms with van der Waals surface area (Å²) in [5.41, 5.74) is 1.15. The number of nitrogens with zero attached hydrogens (tertiary/aromatic N) is 5. The fraction of sp³-hybridized carbons (Fsp3) is 0.593. The second-order valence-electron chi connectivity index (χ2n) is 10.6. The number of likely N-dealkylation sites (tertiary alicyclic amines) is 1. The number of rotatable bonds is 5. The lowest BCUT2D eigenvalue weighted by Gasteiger charge is -2.39. The average molecular weight is 536 g/mol. The first kappa shape index (κ1) is 26.8. The van der Waals surface area contributed by atoms with Gasteiger partial charge in [0.25, 0.3) is 0 Å². The zero-order valence-corrected chi connectivity index (χ0v) is 21.4. The Hall–Kier alpha value is -2.79. The maximum absolute atomic E-state index is 14.5. The van der Waals surface area contributed by atoms with E-state index in [-0.39, 0.29) is 18.0 Å². The molecule has 1 amide bonds. The zero-order chi connectivity index (χ0) is 27.0. The number of alkyl halides is 3. The number of piperazine rings is 1. The molecule has 2 fully saturated rings. The van der Waals surface area contributed by atoms with Gasteiger partial charge in [0, 0.05) is 57.1 Å². The van der Waals surface area contributed by atoms with E-state index in [1.165, 1.54) is 11.6 Å². The molecule has 0 saturated carbocycles. The minimum Gasteiger partial charge on any atom is -0.393 e. The zero-order valence-electron chi connectivity index (χ0n) is 21.4. The molecule has 3 heterocycles. The van der Waals surface area contributed by atoms with Gasteiger partial charge >= 0.3 is 6.18 Å². The number of halogens is 4. The van der Waals surface area contributed by atoms with Crippen LogP contribution in [-0.4, -0.2) is 82.7 Å². The van der Waals surface area contributed by atoms with Gasteiger partial charge in [0.15, 0.2) is 0 Å². The smallest absolute Gasteiger partial charge is 0.393 e. The summed E-state index contributed by atoms with van der Waals surface area (Å²) in [4.78, 5) is 28.7. The normalized spacial score (nSPS) is 22.0. The topological polar surface area (TPSA) is 72.8 Å². The first-order chi connectivity index (χ1) is 18.1. The van der Waals surface area contributed by atoms with Gasteiger partial charge in [-0.05, 0) is 49.3 Å². The van der Waals surface area contributed by atoms with Crippen LogP contribution in [0.4, 0.5) is 23.4 Å². The van der Waals surface area contributed by atoms with Gasteiger partial charge in [0.2, 0.25) is 5.91 Å². The van der Waals surface area contributed by atoms with Crippen LogP contribution in [0.5, 0.6) is 0 Å². The lowest BCUT2D eigenvalue weighted by molar-refractivity contribution is -0.140. The van der Waals surface area contributed by atoms with Crippen molar-refractivity contribution in [2.45, 2.75) is 56.7 Å². The lowest BCUT2D eigenvalue weighted by atomic mass is 9.94. The number of carbonyl (C=O) groups is 1. The van der Waals surface area contributed by atoms with Crippen molar-refractivity contribution >= 4 is 11.7 Å². The summed E-state index contributed by atoms with van der Waals surface area (Å²) in [5, 5.41) is 9.86. The molecule has 0 bridgehead atoms. The van der Waals surface area contributed by atoms with Gasteiger partial charge in [-0.2, -0.15) is 13.2 Å². The van der Waals surface area contributed by atoms with Crippen molar-refractivity contribution in [1.82, 2.24) is 19.8 Å². The summed E-state index contributed by atoms with van der Waals surface area (Å²) in [6, 6.07) is 2.79. The van der Waals surface area contributed by atoms with E-state index in [4.69, 9.17) is 0 Å². The molecule has 7 nitrogen and oxygen atoms in total. The van der Waals surface area contributed by atoms with Crippen LogP contribution in [0.2, 0.25) is 0 Å². The molecule has 1 aromatic carbocycles. The molecule has 0 radical (unpaired) electrons. The third-order valence-corrected chi connectivity index (χ3v) is 8.14. The minimum atomic E-state index is -4.81. The molecule has 2 aromatic rings. The standard InChI is InChI=1S/C27H33F4N5O2/c1-17-2-5-23-24(17)25(33-16-32-23)35-10-12-36(13-11-35)26(38)20(15-34-8-6-19(37)7-9-34)18-3-4-21(22(28)14-18)27(29,30)31/h3-4,14,16-17,19-20,37H,2,5-13,15H2,1H3/t17-,20-/m1/s1. The van der Waals surface area contributed by atoms with Crippen molar-refractivity contribution in [3.8, 4) is 0 Å². The highest BCUT2D eigenvalue weighted by molar-refractivity contribution is 5.84.